The maximum Gasteiger partial charge on any atom is 0.0541 e. The van der Waals surface area contributed by atoms with Crippen LogP contribution in [0.2, 0.25) is 0 Å². The molecule has 0 bridgehead atoms. The number of aryl methyl sites for hydroxylation is 2. The van der Waals surface area contributed by atoms with Crippen molar-refractivity contribution >= 4 is 51.0 Å². The lowest BCUT2D eigenvalue weighted by Gasteiger charge is -2.26. The third-order valence-corrected chi connectivity index (χ3v) is 7.88. The molecule has 6 aromatic carbocycles. The first-order valence-electron chi connectivity index (χ1n) is 14.4. The molecule has 202 valence electrons. The number of para-hydroxylation sites is 1. The Bertz CT molecular complexity index is 1960. The molecule has 0 saturated carbocycles. The summed E-state index contributed by atoms with van der Waals surface area (Å²) in [7, 11) is 0. The maximum atomic E-state index is 2.38. The number of aromatic nitrogens is 1. The minimum Gasteiger partial charge on any atom is -0.311 e. The number of nitrogens with zero attached hydrogens (tertiary/aromatic N) is 2. The Morgan fingerprint density at radius 2 is 0.905 bits per heavy atom. The zero-order valence-corrected chi connectivity index (χ0v) is 23.9. The first-order chi connectivity index (χ1) is 20.6. The first kappa shape index (κ1) is 25.6. The van der Waals surface area contributed by atoms with E-state index in [1.165, 1.54) is 44.1 Å². The van der Waals surface area contributed by atoms with Crippen molar-refractivity contribution in [3.8, 4) is 5.69 Å². The molecule has 0 amide bonds. The molecule has 0 aliphatic carbocycles. The van der Waals surface area contributed by atoms with Crippen LogP contribution in [0.5, 0.6) is 0 Å². The van der Waals surface area contributed by atoms with Crippen LogP contribution in [-0.4, -0.2) is 4.57 Å². The molecule has 0 aliphatic rings. The van der Waals surface area contributed by atoms with Crippen LogP contribution in [0.25, 0.3) is 39.6 Å². The van der Waals surface area contributed by atoms with Gasteiger partial charge >= 0.3 is 0 Å². The van der Waals surface area contributed by atoms with E-state index in [-0.39, 0.29) is 0 Å². The van der Waals surface area contributed by atoms with Crippen molar-refractivity contribution in [2.75, 3.05) is 4.90 Å². The van der Waals surface area contributed by atoms with Crippen LogP contribution in [0.1, 0.15) is 22.3 Å². The molecule has 1 aromatic heterocycles. The van der Waals surface area contributed by atoms with E-state index in [0.29, 0.717) is 0 Å². The van der Waals surface area contributed by atoms with Crippen LogP contribution in [0.15, 0.2) is 146 Å². The minimum atomic E-state index is 1.12. The molecule has 0 atom stereocenters. The second-order valence-electron chi connectivity index (χ2n) is 10.9. The van der Waals surface area contributed by atoms with Gasteiger partial charge in [-0.2, -0.15) is 0 Å². The number of rotatable bonds is 6. The molecule has 0 saturated heterocycles. The van der Waals surface area contributed by atoms with Crippen molar-refractivity contribution in [3.05, 3.63) is 168 Å². The van der Waals surface area contributed by atoms with E-state index in [4.69, 9.17) is 0 Å². The Labute approximate surface area is 247 Å². The molecule has 0 spiro atoms. The summed E-state index contributed by atoms with van der Waals surface area (Å²) >= 11 is 0. The number of anilines is 3. The summed E-state index contributed by atoms with van der Waals surface area (Å²) in [5, 5.41) is 2.59. The predicted molar refractivity (Wildman–Crippen MR) is 180 cm³/mol. The summed E-state index contributed by atoms with van der Waals surface area (Å²) in [4.78, 5) is 2.31. The monoisotopic (exact) mass is 540 g/mol. The zero-order chi connectivity index (χ0) is 28.5. The van der Waals surface area contributed by atoms with Crippen molar-refractivity contribution in [2.24, 2.45) is 0 Å². The highest BCUT2D eigenvalue weighted by Crippen LogP contribution is 2.37. The fourth-order valence-corrected chi connectivity index (χ4v) is 5.80. The summed E-state index contributed by atoms with van der Waals surface area (Å²) in [6, 6.07) is 52.2. The summed E-state index contributed by atoms with van der Waals surface area (Å²) in [5.41, 5.74) is 11.9. The summed E-state index contributed by atoms with van der Waals surface area (Å²) in [5.74, 6) is 0. The largest absolute Gasteiger partial charge is 0.311 e. The van der Waals surface area contributed by atoms with Gasteiger partial charge in [-0.05, 0) is 97.8 Å². The maximum absolute atomic E-state index is 2.38. The van der Waals surface area contributed by atoms with Crippen molar-refractivity contribution in [1.29, 1.82) is 0 Å². The van der Waals surface area contributed by atoms with Gasteiger partial charge in [0.1, 0.15) is 0 Å². The molecule has 2 heteroatoms. The van der Waals surface area contributed by atoms with Crippen molar-refractivity contribution in [3.63, 3.8) is 0 Å². The van der Waals surface area contributed by atoms with E-state index in [9.17, 15) is 0 Å². The summed E-state index contributed by atoms with van der Waals surface area (Å²) in [6.07, 6.45) is 4.31. The van der Waals surface area contributed by atoms with Crippen LogP contribution in [0, 0.1) is 13.8 Å². The van der Waals surface area contributed by atoms with Crippen molar-refractivity contribution in [2.45, 2.75) is 13.8 Å². The van der Waals surface area contributed by atoms with Gasteiger partial charge in [-0.3, -0.25) is 0 Å². The van der Waals surface area contributed by atoms with Gasteiger partial charge in [0.05, 0.1) is 11.0 Å². The molecule has 2 nitrogen and oxygen atoms in total. The molecule has 7 aromatic rings. The van der Waals surface area contributed by atoms with E-state index in [2.05, 4.69) is 175 Å². The SMILES string of the molecule is Cc1ccc2c(c1)c1cc(C)ccc1n2-c1ccc(N(c2ccccc2)c2ccc(C=Cc3ccccc3)cc2)cc1. The zero-order valence-electron chi connectivity index (χ0n) is 23.9. The molecule has 0 aliphatic heterocycles. The number of benzene rings is 6. The number of hydrogen-bond acceptors (Lipinski definition) is 1. The number of hydrogen-bond donors (Lipinski definition) is 0. The van der Waals surface area contributed by atoms with Gasteiger partial charge < -0.3 is 9.47 Å². The lowest BCUT2D eigenvalue weighted by molar-refractivity contribution is 1.17. The van der Waals surface area contributed by atoms with Crippen LogP contribution >= 0.6 is 0 Å². The normalized spacial score (nSPS) is 11.5. The topological polar surface area (TPSA) is 8.17 Å². The highest BCUT2D eigenvalue weighted by atomic mass is 15.1. The van der Waals surface area contributed by atoms with Gasteiger partial charge in [0, 0.05) is 33.5 Å². The molecule has 0 radical (unpaired) electrons. The molecule has 0 fully saturated rings. The average molecular weight is 541 g/mol. The minimum absolute atomic E-state index is 1.12. The van der Waals surface area contributed by atoms with Gasteiger partial charge in [0.15, 0.2) is 0 Å². The van der Waals surface area contributed by atoms with Gasteiger partial charge in [0.2, 0.25) is 0 Å². The lowest BCUT2D eigenvalue weighted by atomic mass is 10.1. The van der Waals surface area contributed by atoms with E-state index >= 15 is 0 Å². The highest BCUT2D eigenvalue weighted by Gasteiger charge is 2.15. The molecule has 7 rings (SSSR count). The predicted octanol–water partition coefficient (Wildman–Crippen LogP) is 11.0. The Morgan fingerprint density at radius 3 is 1.45 bits per heavy atom. The Balaban J connectivity index is 1.27. The molecule has 1 heterocycles. The third-order valence-electron chi connectivity index (χ3n) is 7.88. The van der Waals surface area contributed by atoms with E-state index in [0.717, 1.165) is 22.7 Å². The van der Waals surface area contributed by atoms with E-state index < -0.39 is 0 Å². The average Bonchev–Trinajstić information content (AvgIpc) is 3.35. The van der Waals surface area contributed by atoms with Crippen molar-refractivity contribution in [1.82, 2.24) is 4.57 Å². The second kappa shape index (κ2) is 10.9. The molecular formula is C40H32N2. The highest BCUT2D eigenvalue weighted by molar-refractivity contribution is 6.09. The standard InChI is InChI=1S/C40H32N2/c1-29-13-25-39-37(27-29)38-28-30(2)14-26-40(38)42(39)36-23-21-35(22-24-36)41(33-11-7-4-8-12-33)34-19-17-32(18-20-34)16-15-31-9-5-3-6-10-31/h3-28H,1-2H3. The van der Waals surface area contributed by atoms with Gasteiger partial charge in [-0.1, -0.05) is 96.1 Å². The van der Waals surface area contributed by atoms with Crippen LogP contribution in [0.4, 0.5) is 17.1 Å². The Morgan fingerprint density at radius 1 is 0.452 bits per heavy atom. The van der Waals surface area contributed by atoms with Gasteiger partial charge in [0.25, 0.3) is 0 Å². The van der Waals surface area contributed by atoms with Crippen molar-refractivity contribution < 1.29 is 0 Å². The fraction of sp³-hybridized carbons (Fsp3) is 0.0500. The Hall–Kier alpha value is -5.34. The third kappa shape index (κ3) is 4.88. The molecule has 42 heavy (non-hydrogen) atoms. The van der Waals surface area contributed by atoms with Crippen LogP contribution in [-0.2, 0) is 0 Å². The molecule has 0 unspecified atom stereocenters. The first-order valence-corrected chi connectivity index (χ1v) is 14.4. The van der Waals surface area contributed by atoms with Gasteiger partial charge in [-0.25, -0.2) is 0 Å². The molecule has 0 N–H and O–H groups in total. The van der Waals surface area contributed by atoms with Crippen LogP contribution in [0.3, 0.4) is 0 Å². The number of fused-ring (bicyclic) bond motifs is 3. The van der Waals surface area contributed by atoms with E-state index in [1.54, 1.807) is 0 Å². The summed E-state index contributed by atoms with van der Waals surface area (Å²) < 4.78 is 2.38. The Kier molecular flexibility index (Phi) is 6.65. The molecular weight excluding hydrogens is 508 g/mol. The van der Waals surface area contributed by atoms with Gasteiger partial charge in [-0.15, -0.1) is 0 Å². The van der Waals surface area contributed by atoms with E-state index in [1.807, 2.05) is 6.07 Å². The fourth-order valence-electron chi connectivity index (χ4n) is 5.80. The van der Waals surface area contributed by atoms with Crippen LogP contribution < -0.4 is 4.90 Å². The lowest BCUT2D eigenvalue weighted by Crippen LogP contribution is -2.10. The quantitative estimate of drug-likeness (QED) is 0.190. The second-order valence-corrected chi connectivity index (χ2v) is 10.9. The smallest absolute Gasteiger partial charge is 0.0541 e. The summed E-state index contributed by atoms with van der Waals surface area (Å²) in [6.45, 7) is 4.33.